The van der Waals surface area contributed by atoms with E-state index in [-0.39, 0.29) is 4.75 Å². The fraction of sp³-hybridized carbons (Fsp3) is 0.478. The largest absolute Gasteiger partial charge is 0.242 e. The average molecular weight is 402 g/mol. The summed E-state index contributed by atoms with van der Waals surface area (Å²) in [5, 5.41) is 2.81. The van der Waals surface area contributed by atoms with E-state index in [0.29, 0.717) is 12.0 Å². The molecule has 1 N–H and O–H groups in total. The normalized spacial score (nSPS) is 17.9. The smallest absolute Gasteiger partial charge is 0.0972 e. The van der Waals surface area contributed by atoms with Crippen LogP contribution in [-0.2, 0) is 11.0 Å². The molecule has 0 amide bonds. The van der Waals surface area contributed by atoms with Crippen LogP contribution < -0.4 is 15.3 Å². The third kappa shape index (κ3) is 5.73. The molecule has 2 aromatic rings. The van der Waals surface area contributed by atoms with Gasteiger partial charge in [-0.25, -0.2) is 8.93 Å². The van der Waals surface area contributed by atoms with E-state index in [2.05, 4.69) is 86.2 Å². The number of hydrogen-bond donors (Lipinski definition) is 1. The molecule has 1 fully saturated rings. The summed E-state index contributed by atoms with van der Waals surface area (Å²) < 4.78 is 16.2. The molecule has 0 aromatic heterocycles. The SMILES string of the molecule is CC(C)(C)S(=O)NC(CP(c1ccccc1)c1ccccc1)C1CCCC1. The molecule has 4 heteroatoms. The van der Waals surface area contributed by atoms with Crippen LogP contribution in [0, 0.1) is 5.92 Å². The maximum absolute atomic E-state index is 12.9. The molecule has 2 unspecified atom stereocenters. The maximum atomic E-state index is 12.9. The van der Waals surface area contributed by atoms with Crippen molar-refractivity contribution in [1.82, 2.24) is 4.72 Å². The lowest BCUT2D eigenvalue weighted by Gasteiger charge is -2.31. The van der Waals surface area contributed by atoms with Crippen molar-refractivity contribution in [2.45, 2.75) is 57.2 Å². The molecule has 1 aliphatic carbocycles. The summed E-state index contributed by atoms with van der Waals surface area (Å²) in [6.07, 6.45) is 6.17. The van der Waals surface area contributed by atoms with Gasteiger partial charge >= 0.3 is 0 Å². The van der Waals surface area contributed by atoms with Crippen molar-refractivity contribution in [3.8, 4) is 0 Å². The standard InChI is InChI=1S/C23H32NOPS/c1-23(2,3)27(25)24-22(19-12-10-11-13-19)18-26(20-14-6-4-7-15-20)21-16-8-5-9-17-21/h4-9,14-17,19,22,24H,10-13,18H2,1-3H3. The highest BCUT2D eigenvalue weighted by Gasteiger charge is 2.32. The van der Waals surface area contributed by atoms with Gasteiger partial charge in [0, 0.05) is 6.04 Å². The van der Waals surface area contributed by atoms with E-state index in [0.717, 1.165) is 6.16 Å². The highest BCUT2D eigenvalue weighted by molar-refractivity contribution is 7.84. The van der Waals surface area contributed by atoms with Crippen molar-refractivity contribution in [3.05, 3.63) is 60.7 Å². The van der Waals surface area contributed by atoms with Gasteiger partial charge in [-0.3, -0.25) is 0 Å². The Morgan fingerprint density at radius 2 is 1.44 bits per heavy atom. The third-order valence-electron chi connectivity index (χ3n) is 5.30. The minimum atomic E-state index is -1.03. The van der Waals surface area contributed by atoms with Crippen LogP contribution in [0.5, 0.6) is 0 Å². The molecule has 3 rings (SSSR count). The van der Waals surface area contributed by atoms with E-state index >= 15 is 0 Å². The second-order valence-electron chi connectivity index (χ2n) is 8.43. The molecule has 0 radical (unpaired) electrons. The molecule has 0 spiro atoms. The minimum absolute atomic E-state index is 0.237. The summed E-state index contributed by atoms with van der Waals surface area (Å²) in [6, 6.07) is 22.0. The first kappa shape index (κ1) is 20.7. The highest BCUT2D eigenvalue weighted by Crippen LogP contribution is 2.39. The van der Waals surface area contributed by atoms with E-state index in [1.807, 2.05) is 0 Å². The first-order valence-corrected chi connectivity index (χ1v) is 12.7. The van der Waals surface area contributed by atoms with Gasteiger partial charge in [0.15, 0.2) is 0 Å². The van der Waals surface area contributed by atoms with Gasteiger partial charge in [0.2, 0.25) is 0 Å². The molecule has 0 saturated heterocycles. The van der Waals surface area contributed by atoms with Gasteiger partial charge in [-0.1, -0.05) is 73.5 Å². The molecule has 27 heavy (non-hydrogen) atoms. The van der Waals surface area contributed by atoms with Crippen molar-refractivity contribution in [2.24, 2.45) is 5.92 Å². The van der Waals surface area contributed by atoms with Gasteiger partial charge in [0.05, 0.1) is 15.7 Å². The quantitative estimate of drug-likeness (QED) is 0.668. The fourth-order valence-corrected chi connectivity index (χ4v) is 7.32. The summed E-state index contributed by atoms with van der Waals surface area (Å²) in [5.41, 5.74) is 0. The number of rotatable bonds is 7. The minimum Gasteiger partial charge on any atom is -0.242 e. The van der Waals surface area contributed by atoms with Gasteiger partial charge < -0.3 is 0 Å². The van der Waals surface area contributed by atoms with Gasteiger partial charge in [-0.05, 0) is 64.2 Å². The number of benzene rings is 2. The second-order valence-corrected chi connectivity index (χ2v) is 12.7. The van der Waals surface area contributed by atoms with Crippen molar-refractivity contribution in [1.29, 1.82) is 0 Å². The average Bonchev–Trinajstić information content (AvgIpc) is 3.20. The van der Waals surface area contributed by atoms with Gasteiger partial charge in [0.25, 0.3) is 0 Å². The Bertz CT molecular complexity index is 684. The Balaban J connectivity index is 1.88. The van der Waals surface area contributed by atoms with Gasteiger partial charge in [-0.15, -0.1) is 0 Å². The van der Waals surface area contributed by atoms with Crippen LogP contribution >= 0.6 is 7.92 Å². The Morgan fingerprint density at radius 1 is 0.963 bits per heavy atom. The number of nitrogens with one attached hydrogen (secondary N) is 1. The van der Waals surface area contributed by atoms with Crippen molar-refractivity contribution < 1.29 is 4.21 Å². The first-order valence-electron chi connectivity index (χ1n) is 10.0. The predicted octanol–water partition coefficient (Wildman–Crippen LogP) is 4.73. The molecule has 0 bridgehead atoms. The topological polar surface area (TPSA) is 29.1 Å². The zero-order valence-electron chi connectivity index (χ0n) is 16.7. The first-order chi connectivity index (χ1) is 12.9. The molecule has 146 valence electrons. The van der Waals surface area contributed by atoms with Crippen molar-refractivity contribution >= 4 is 29.5 Å². The van der Waals surface area contributed by atoms with Crippen LogP contribution in [0.15, 0.2) is 60.7 Å². The Morgan fingerprint density at radius 3 is 1.89 bits per heavy atom. The van der Waals surface area contributed by atoms with Crippen molar-refractivity contribution in [3.63, 3.8) is 0 Å². The fourth-order valence-electron chi connectivity index (χ4n) is 3.73. The lowest BCUT2D eigenvalue weighted by Crippen LogP contribution is -2.45. The van der Waals surface area contributed by atoms with E-state index < -0.39 is 18.9 Å². The van der Waals surface area contributed by atoms with Crippen molar-refractivity contribution in [2.75, 3.05) is 6.16 Å². The molecule has 2 aromatic carbocycles. The predicted molar refractivity (Wildman–Crippen MR) is 121 cm³/mol. The van der Waals surface area contributed by atoms with E-state index in [1.54, 1.807) is 0 Å². The molecule has 0 aliphatic heterocycles. The van der Waals surface area contributed by atoms with Gasteiger partial charge in [-0.2, -0.15) is 0 Å². The zero-order chi connectivity index (χ0) is 19.3. The molecular formula is C23H32NOPS. The summed E-state index contributed by atoms with van der Waals surface area (Å²) in [5.74, 6) is 0.633. The lowest BCUT2D eigenvalue weighted by atomic mass is 10.0. The van der Waals surface area contributed by atoms with Crippen LogP contribution in [0.4, 0.5) is 0 Å². The summed E-state index contributed by atoms with van der Waals surface area (Å²) in [7, 11) is -1.50. The van der Waals surface area contributed by atoms with E-state index in [4.69, 9.17) is 0 Å². The lowest BCUT2D eigenvalue weighted by molar-refractivity contribution is 0.434. The van der Waals surface area contributed by atoms with Crippen LogP contribution in [0.1, 0.15) is 46.5 Å². The zero-order valence-corrected chi connectivity index (χ0v) is 18.4. The summed E-state index contributed by atoms with van der Waals surface area (Å²) in [6.45, 7) is 6.16. The molecule has 2 nitrogen and oxygen atoms in total. The maximum Gasteiger partial charge on any atom is 0.0972 e. The molecular weight excluding hydrogens is 369 g/mol. The van der Waals surface area contributed by atoms with Crippen LogP contribution in [0.3, 0.4) is 0 Å². The van der Waals surface area contributed by atoms with Crippen LogP contribution in [-0.4, -0.2) is 21.2 Å². The molecule has 0 heterocycles. The van der Waals surface area contributed by atoms with Crippen LogP contribution in [0.2, 0.25) is 0 Å². The summed E-state index contributed by atoms with van der Waals surface area (Å²) >= 11 is 0. The van der Waals surface area contributed by atoms with Crippen LogP contribution in [0.25, 0.3) is 0 Å². The second kappa shape index (κ2) is 9.45. The molecule has 2 atom stereocenters. The Labute approximate surface area is 168 Å². The molecule has 1 saturated carbocycles. The Kier molecular flexibility index (Phi) is 7.25. The molecule has 1 aliphatic rings. The third-order valence-corrected chi connectivity index (χ3v) is 9.53. The Hall–Kier alpha value is -1.02. The number of hydrogen-bond acceptors (Lipinski definition) is 1. The monoisotopic (exact) mass is 401 g/mol. The van der Waals surface area contributed by atoms with Gasteiger partial charge in [0.1, 0.15) is 0 Å². The summed E-state index contributed by atoms with van der Waals surface area (Å²) in [4.78, 5) is 0. The van der Waals surface area contributed by atoms with E-state index in [1.165, 1.54) is 36.3 Å². The highest BCUT2D eigenvalue weighted by atomic mass is 32.2. The van der Waals surface area contributed by atoms with E-state index in [9.17, 15) is 4.21 Å².